The number of benzene rings is 6. The number of hydrogen-bond acceptors (Lipinski definition) is 21. The number of Topliss-reactive ketones (excluding diaryl/α,β-unsaturated/α-hetero) is 3. The van der Waals surface area contributed by atoms with Crippen molar-refractivity contribution in [2.75, 3.05) is 75.4 Å². The zero-order valence-corrected chi connectivity index (χ0v) is 81.7. The van der Waals surface area contributed by atoms with Gasteiger partial charge in [0.1, 0.15) is 17.2 Å². The van der Waals surface area contributed by atoms with E-state index in [4.69, 9.17) is 56.8 Å². The fourth-order valence-corrected chi connectivity index (χ4v) is 15.1. The molecule has 1 fully saturated rings. The summed E-state index contributed by atoms with van der Waals surface area (Å²) >= 11 is 0. The monoisotopic (exact) mass is 1820 g/mol. The zero-order valence-electron chi connectivity index (χ0n) is 81.7. The van der Waals surface area contributed by atoms with Gasteiger partial charge in [0.25, 0.3) is 0 Å². The zero-order chi connectivity index (χ0) is 94.2. The third-order valence-corrected chi connectivity index (χ3v) is 23.1. The third kappa shape index (κ3) is 41.0. The Hall–Kier alpha value is -10.4. The molecule has 1 saturated carbocycles. The van der Waals surface area contributed by atoms with Gasteiger partial charge in [-0.1, -0.05) is 293 Å². The van der Waals surface area contributed by atoms with Crippen LogP contribution >= 0.6 is 0 Å². The fourth-order valence-electron chi connectivity index (χ4n) is 15.1. The molecule has 0 aliphatic heterocycles. The maximum absolute atomic E-state index is 14.8. The number of esters is 3. The summed E-state index contributed by atoms with van der Waals surface area (Å²) in [4.78, 5) is 87.5. The largest absolute Gasteiger partial charge is 0.490 e. The number of ether oxygens (including phenoxy) is 12. The number of unbranched alkanes of at least 4 members (excludes halogenated alkanes) is 36. The fraction of sp³-hybridized carbons (Fsp3) is 0.568. The molecule has 6 aromatic carbocycles. The van der Waals surface area contributed by atoms with Crippen molar-refractivity contribution in [3.8, 4) is 69.0 Å². The van der Waals surface area contributed by atoms with Gasteiger partial charge in [-0.15, -0.1) is 0 Å². The highest BCUT2D eigenvalue weighted by atomic mass is 16.6. The first-order chi connectivity index (χ1) is 64.7. The lowest BCUT2D eigenvalue weighted by Gasteiger charge is -2.19. The molecule has 21 heteroatoms. The SMILES string of the molecule is CCCCCCCOc1cc(C(=O)Oc2ccc(NC=C3C(=O)C(=CNc4ccc(OC(=O)c5cc(OCCCCCCC)c(OCCCCCCC)c(OCCCCCCC)c5)cc4)C(=O)C(=CNc4ccc(OC(=O)c5cc(OCCCCCCC)c(OCCCCCCC)c(OCCCCCCC)c5)cc4)C3=O)cc2)cc(OCCCCCCC)c1OCCCCCCC. The molecule has 0 atom stereocenters. The second-order valence-electron chi connectivity index (χ2n) is 34.6. The summed E-state index contributed by atoms with van der Waals surface area (Å²) in [5.41, 5.74) is 0.756. The highest BCUT2D eigenvalue weighted by molar-refractivity contribution is 6.51. The normalized spacial score (nSPS) is 11.9. The van der Waals surface area contributed by atoms with Gasteiger partial charge >= 0.3 is 17.9 Å². The van der Waals surface area contributed by atoms with Crippen LogP contribution in [-0.2, 0) is 14.4 Å². The minimum Gasteiger partial charge on any atom is -0.490 e. The van der Waals surface area contributed by atoms with E-state index in [1.54, 1.807) is 109 Å². The minimum atomic E-state index is -0.877. The molecule has 0 bridgehead atoms. The van der Waals surface area contributed by atoms with Crippen LogP contribution < -0.4 is 72.8 Å². The first-order valence-electron chi connectivity index (χ1n) is 50.9. The Kier molecular flexibility index (Phi) is 55.0. The molecule has 0 unspecified atom stereocenters. The average Bonchev–Trinajstić information content (AvgIpc) is 0.724. The van der Waals surface area contributed by atoms with E-state index in [1.165, 1.54) is 18.6 Å². The van der Waals surface area contributed by atoms with E-state index in [-0.39, 0.29) is 50.7 Å². The molecule has 0 radical (unpaired) electrons. The Morgan fingerprint density at radius 3 is 0.545 bits per heavy atom. The minimum absolute atomic E-state index is 0.206. The summed E-state index contributed by atoms with van der Waals surface area (Å²) in [6, 6.07) is 29.2. The van der Waals surface area contributed by atoms with Crippen molar-refractivity contribution in [3.05, 3.63) is 161 Å². The van der Waals surface area contributed by atoms with Gasteiger partial charge in [0.05, 0.1) is 92.9 Å². The predicted molar refractivity (Wildman–Crippen MR) is 532 cm³/mol. The average molecular weight is 1820 g/mol. The second kappa shape index (κ2) is 66.8. The highest BCUT2D eigenvalue weighted by Crippen LogP contribution is 2.44. The van der Waals surface area contributed by atoms with Crippen molar-refractivity contribution < 1.29 is 85.6 Å². The van der Waals surface area contributed by atoms with Gasteiger partial charge in [-0.05, 0) is 167 Å². The lowest BCUT2D eigenvalue weighted by atomic mass is 9.84. The molecular weight excluding hydrogens is 1660 g/mol. The van der Waals surface area contributed by atoms with Gasteiger partial charge in [0, 0.05) is 35.7 Å². The Morgan fingerprint density at radius 2 is 0.379 bits per heavy atom. The molecule has 7 rings (SSSR count). The molecule has 0 aromatic heterocycles. The van der Waals surface area contributed by atoms with Crippen molar-refractivity contribution in [2.45, 2.75) is 351 Å². The second-order valence-corrected chi connectivity index (χ2v) is 34.6. The smallest absolute Gasteiger partial charge is 0.343 e. The Bertz CT molecular complexity index is 3820. The predicted octanol–water partition coefficient (Wildman–Crippen LogP) is 29.5. The molecule has 3 N–H and O–H groups in total. The van der Waals surface area contributed by atoms with E-state index in [2.05, 4.69) is 78.3 Å². The third-order valence-electron chi connectivity index (χ3n) is 23.1. The number of allylic oxidation sites excluding steroid dienone is 3. The van der Waals surface area contributed by atoms with Gasteiger partial charge in [0.15, 0.2) is 34.5 Å². The van der Waals surface area contributed by atoms with Crippen LogP contribution in [0.5, 0.6) is 69.0 Å². The van der Waals surface area contributed by atoms with E-state index in [0.29, 0.717) is 128 Å². The summed E-state index contributed by atoms with van der Waals surface area (Å²) in [6.07, 6.45) is 50.9. The van der Waals surface area contributed by atoms with Crippen molar-refractivity contribution in [1.29, 1.82) is 0 Å². The topological polar surface area (TPSA) is 249 Å². The molecular formula is C111H159N3O18. The number of rotatable bonds is 75. The van der Waals surface area contributed by atoms with Gasteiger partial charge in [-0.3, -0.25) is 14.4 Å². The van der Waals surface area contributed by atoms with Crippen LogP contribution in [0.2, 0.25) is 0 Å². The molecule has 132 heavy (non-hydrogen) atoms. The number of nitrogens with one attached hydrogen (secondary N) is 3. The summed E-state index contributed by atoms with van der Waals surface area (Å²) in [5.74, 6) is -0.0385. The first-order valence-corrected chi connectivity index (χ1v) is 50.9. The van der Waals surface area contributed by atoms with Crippen LogP contribution in [0.1, 0.15) is 382 Å². The van der Waals surface area contributed by atoms with Crippen molar-refractivity contribution in [3.63, 3.8) is 0 Å². The van der Waals surface area contributed by atoms with Crippen molar-refractivity contribution in [1.82, 2.24) is 0 Å². The van der Waals surface area contributed by atoms with Crippen LogP contribution in [0, 0.1) is 0 Å². The number of hydrogen-bond donors (Lipinski definition) is 3. The van der Waals surface area contributed by atoms with Gasteiger partial charge in [-0.25, -0.2) is 14.4 Å². The molecule has 1 aliphatic carbocycles. The summed E-state index contributed by atoms with van der Waals surface area (Å²) in [7, 11) is 0. The van der Waals surface area contributed by atoms with E-state index >= 15 is 0 Å². The van der Waals surface area contributed by atoms with Gasteiger partial charge in [-0.2, -0.15) is 0 Å². The highest BCUT2D eigenvalue weighted by Gasteiger charge is 2.39. The molecule has 0 amide bonds. The molecule has 0 saturated heterocycles. The number of ketones is 3. The lowest BCUT2D eigenvalue weighted by molar-refractivity contribution is -0.124. The maximum atomic E-state index is 14.8. The molecule has 0 spiro atoms. The number of carbonyl (C=O) groups is 6. The van der Waals surface area contributed by atoms with E-state index in [1.807, 2.05) is 0 Å². The summed E-state index contributed by atoms with van der Waals surface area (Å²) in [5, 5.41) is 9.23. The van der Waals surface area contributed by atoms with Crippen molar-refractivity contribution >= 4 is 52.3 Å². The number of carbonyl (C=O) groups excluding carboxylic acids is 6. The first kappa shape index (κ1) is 109. The standard InChI is InChI=1S/C111H159N3O18/c1-10-19-28-37-46-67-121-97-76-85(77-98(122-68-47-38-29-20-11-2)106(97)127-73-52-43-34-25-16-7)109(118)130-91-61-55-88(56-62-91)112-82-94-103(115)95(83-113-89-57-63-92(64-58-89)131-110(119)86-78-99(123-69-48-39-30-21-12-3)107(128-74-53-44-35-26-17-8)100(79-86)124-70-49-40-31-22-13-4)105(117)96(104(94)116)84-114-90-59-65-93(66-60-90)132-111(120)87-80-101(125-71-50-41-32-23-14-5)108(129-75-54-45-36-27-18-9)102(81-87)126-72-51-42-33-24-15-6/h55-66,76-84,112-114H,10-54,67-75H2,1-9H3. The quantitative estimate of drug-likeness (QED) is 0.0106. The summed E-state index contributed by atoms with van der Waals surface area (Å²) < 4.78 is 76.3. The van der Waals surface area contributed by atoms with Gasteiger partial charge in [0.2, 0.25) is 34.6 Å². The van der Waals surface area contributed by atoms with E-state index < -0.39 is 35.3 Å². The Morgan fingerprint density at radius 1 is 0.220 bits per heavy atom. The van der Waals surface area contributed by atoms with Crippen LogP contribution in [0.25, 0.3) is 0 Å². The van der Waals surface area contributed by atoms with E-state index in [9.17, 15) is 28.8 Å². The maximum Gasteiger partial charge on any atom is 0.343 e. The van der Waals surface area contributed by atoms with Crippen LogP contribution in [0.3, 0.4) is 0 Å². The van der Waals surface area contributed by atoms with Crippen LogP contribution in [0.15, 0.2) is 145 Å². The molecule has 0 heterocycles. The molecule has 21 nitrogen and oxygen atoms in total. The Labute approximate surface area is 790 Å². The van der Waals surface area contributed by atoms with Gasteiger partial charge < -0.3 is 72.8 Å². The molecule has 6 aromatic rings. The Balaban J connectivity index is 1.17. The number of anilines is 3. The van der Waals surface area contributed by atoms with E-state index in [0.717, 1.165) is 289 Å². The van der Waals surface area contributed by atoms with Crippen molar-refractivity contribution in [2.24, 2.45) is 0 Å². The summed E-state index contributed by atoms with van der Waals surface area (Å²) in [6.45, 7) is 23.7. The van der Waals surface area contributed by atoms with Crippen LogP contribution in [0.4, 0.5) is 17.1 Å². The molecule has 726 valence electrons. The lowest BCUT2D eigenvalue weighted by Crippen LogP contribution is -2.33. The van der Waals surface area contributed by atoms with Crippen LogP contribution in [-0.4, -0.2) is 94.7 Å². The molecule has 1 aliphatic rings.